The van der Waals surface area contributed by atoms with Crippen molar-refractivity contribution in [1.29, 1.82) is 0 Å². The molecular formula is C23H20N4O2S. The van der Waals surface area contributed by atoms with Crippen molar-refractivity contribution in [3.05, 3.63) is 82.4 Å². The number of aryl methyl sites for hydroxylation is 1. The number of ketones is 1. The number of Topliss-reactive ketones (excluding diaryl/α,β-unsaturated/α-hetero) is 1. The van der Waals surface area contributed by atoms with E-state index in [-0.39, 0.29) is 17.9 Å². The summed E-state index contributed by atoms with van der Waals surface area (Å²) >= 11 is 1.24. The summed E-state index contributed by atoms with van der Waals surface area (Å²) in [5.74, 6) is -0.811. The van der Waals surface area contributed by atoms with Gasteiger partial charge in [0.15, 0.2) is 10.9 Å². The number of anilines is 3. The Hall–Kier alpha value is -3.71. The highest BCUT2D eigenvalue weighted by atomic mass is 32.1. The number of primary amides is 1. The van der Waals surface area contributed by atoms with E-state index in [1.807, 2.05) is 49.4 Å². The van der Waals surface area contributed by atoms with Crippen LogP contribution in [0.4, 0.5) is 16.5 Å². The van der Waals surface area contributed by atoms with E-state index in [2.05, 4.69) is 10.3 Å². The lowest BCUT2D eigenvalue weighted by molar-refractivity contribution is 0.0991. The standard InChI is InChI=1S/C23H20N4O2S/c1-13-6-7-16(11-18(13)24)19(28)12-20-21(22(25)29)27-23(30-20)26-17-9-8-14-4-2-3-5-15(14)10-17/h2-11H,12,24H2,1H3,(H2,25,29)(H,26,27). The summed E-state index contributed by atoms with van der Waals surface area (Å²) in [6, 6.07) is 19.1. The summed E-state index contributed by atoms with van der Waals surface area (Å²) in [6.07, 6.45) is 0.0256. The fourth-order valence-electron chi connectivity index (χ4n) is 3.17. The molecule has 0 unspecified atom stereocenters. The predicted molar refractivity (Wildman–Crippen MR) is 121 cm³/mol. The van der Waals surface area contributed by atoms with Crippen molar-refractivity contribution >= 4 is 50.3 Å². The van der Waals surface area contributed by atoms with Crippen LogP contribution in [0.15, 0.2) is 60.7 Å². The Morgan fingerprint density at radius 3 is 2.53 bits per heavy atom. The molecule has 1 heterocycles. The van der Waals surface area contributed by atoms with Crippen molar-refractivity contribution in [2.45, 2.75) is 13.3 Å². The molecule has 5 N–H and O–H groups in total. The van der Waals surface area contributed by atoms with Crippen LogP contribution in [0, 0.1) is 6.92 Å². The fraction of sp³-hybridized carbons (Fsp3) is 0.0870. The molecule has 0 bridgehead atoms. The SMILES string of the molecule is Cc1ccc(C(=O)Cc2sc(Nc3ccc4ccccc4c3)nc2C(N)=O)cc1N. The quantitative estimate of drug-likeness (QED) is 0.317. The number of rotatable bonds is 6. The topological polar surface area (TPSA) is 111 Å². The van der Waals surface area contributed by atoms with E-state index in [0.717, 1.165) is 22.0 Å². The average molecular weight is 417 g/mol. The first-order valence-electron chi connectivity index (χ1n) is 9.35. The normalized spacial score (nSPS) is 10.8. The molecule has 0 aliphatic carbocycles. The van der Waals surface area contributed by atoms with Gasteiger partial charge in [-0.2, -0.15) is 0 Å². The van der Waals surface area contributed by atoms with Crippen LogP contribution in [-0.2, 0) is 6.42 Å². The zero-order chi connectivity index (χ0) is 21.3. The van der Waals surface area contributed by atoms with Gasteiger partial charge in [0, 0.05) is 28.2 Å². The van der Waals surface area contributed by atoms with Crippen LogP contribution in [0.3, 0.4) is 0 Å². The van der Waals surface area contributed by atoms with Gasteiger partial charge in [0.1, 0.15) is 5.69 Å². The van der Waals surface area contributed by atoms with Crippen molar-refractivity contribution in [2.75, 3.05) is 11.1 Å². The van der Waals surface area contributed by atoms with E-state index in [1.165, 1.54) is 11.3 Å². The molecule has 4 rings (SSSR count). The molecule has 1 amide bonds. The van der Waals surface area contributed by atoms with Crippen molar-refractivity contribution in [1.82, 2.24) is 4.98 Å². The average Bonchev–Trinajstić information content (AvgIpc) is 3.12. The summed E-state index contributed by atoms with van der Waals surface area (Å²) in [5.41, 5.74) is 14.3. The highest BCUT2D eigenvalue weighted by Gasteiger charge is 2.20. The molecule has 0 aliphatic rings. The molecule has 0 atom stereocenters. The second-order valence-electron chi connectivity index (χ2n) is 7.01. The molecule has 4 aromatic rings. The number of nitrogens with two attached hydrogens (primary N) is 2. The second kappa shape index (κ2) is 7.96. The van der Waals surface area contributed by atoms with Crippen LogP contribution in [0.2, 0.25) is 0 Å². The van der Waals surface area contributed by atoms with E-state index in [0.29, 0.717) is 21.3 Å². The summed E-state index contributed by atoms with van der Waals surface area (Å²) in [7, 11) is 0. The minimum atomic E-state index is -0.663. The van der Waals surface area contributed by atoms with Gasteiger partial charge in [-0.25, -0.2) is 4.98 Å². The van der Waals surface area contributed by atoms with Crippen LogP contribution < -0.4 is 16.8 Å². The van der Waals surface area contributed by atoms with E-state index >= 15 is 0 Å². The monoisotopic (exact) mass is 416 g/mol. The maximum atomic E-state index is 12.7. The minimum absolute atomic E-state index is 0.0256. The number of amides is 1. The molecule has 0 spiro atoms. The predicted octanol–water partition coefficient (Wildman–Crippen LogP) is 4.45. The number of thiazole rings is 1. The lowest BCUT2D eigenvalue weighted by atomic mass is 10.0. The van der Waals surface area contributed by atoms with Crippen molar-refractivity contribution in [3.8, 4) is 0 Å². The lowest BCUT2D eigenvalue weighted by Gasteiger charge is -2.04. The maximum Gasteiger partial charge on any atom is 0.268 e. The minimum Gasteiger partial charge on any atom is -0.398 e. The van der Waals surface area contributed by atoms with Gasteiger partial charge < -0.3 is 16.8 Å². The van der Waals surface area contributed by atoms with Gasteiger partial charge in [0.25, 0.3) is 5.91 Å². The fourth-order valence-corrected chi connectivity index (χ4v) is 4.16. The number of nitrogens with zero attached hydrogens (tertiary/aromatic N) is 1. The van der Waals surface area contributed by atoms with Crippen molar-refractivity contribution < 1.29 is 9.59 Å². The molecule has 1 aromatic heterocycles. The van der Waals surface area contributed by atoms with Gasteiger partial charge in [-0.15, -0.1) is 11.3 Å². The Labute approximate surface area is 177 Å². The van der Waals surface area contributed by atoms with Gasteiger partial charge >= 0.3 is 0 Å². The van der Waals surface area contributed by atoms with Gasteiger partial charge in [-0.3, -0.25) is 9.59 Å². The molecule has 7 heteroatoms. The van der Waals surface area contributed by atoms with Crippen LogP contribution in [0.1, 0.15) is 31.3 Å². The van der Waals surface area contributed by atoms with Crippen LogP contribution >= 0.6 is 11.3 Å². The number of hydrogen-bond acceptors (Lipinski definition) is 6. The first-order valence-corrected chi connectivity index (χ1v) is 10.2. The maximum absolute atomic E-state index is 12.7. The third-order valence-electron chi connectivity index (χ3n) is 4.85. The third kappa shape index (κ3) is 4.01. The summed E-state index contributed by atoms with van der Waals surface area (Å²) in [5, 5.41) is 5.93. The summed E-state index contributed by atoms with van der Waals surface area (Å²) in [6.45, 7) is 1.88. The number of carbonyl (C=O) groups excluding carboxylic acids is 2. The van der Waals surface area contributed by atoms with Gasteiger partial charge in [-0.1, -0.05) is 42.5 Å². The highest BCUT2D eigenvalue weighted by molar-refractivity contribution is 7.16. The van der Waals surface area contributed by atoms with Crippen molar-refractivity contribution in [2.24, 2.45) is 5.73 Å². The number of nitrogen functional groups attached to an aromatic ring is 1. The van der Waals surface area contributed by atoms with E-state index in [4.69, 9.17) is 11.5 Å². The molecule has 0 saturated carbocycles. The van der Waals surface area contributed by atoms with E-state index in [9.17, 15) is 9.59 Å². The summed E-state index contributed by atoms with van der Waals surface area (Å²) < 4.78 is 0. The molecule has 0 fully saturated rings. The Morgan fingerprint density at radius 1 is 1.03 bits per heavy atom. The van der Waals surface area contributed by atoms with Gasteiger partial charge in [0.2, 0.25) is 0 Å². The molecule has 0 aliphatic heterocycles. The second-order valence-corrected chi connectivity index (χ2v) is 8.10. The molecule has 30 heavy (non-hydrogen) atoms. The number of nitrogens with one attached hydrogen (secondary N) is 1. The molecule has 0 radical (unpaired) electrons. The zero-order valence-electron chi connectivity index (χ0n) is 16.3. The van der Waals surface area contributed by atoms with Gasteiger partial charge in [-0.05, 0) is 41.5 Å². The molecular weight excluding hydrogens is 396 g/mol. The Bertz CT molecular complexity index is 1280. The zero-order valence-corrected chi connectivity index (χ0v) is 17.1. The first kappa shape index (κ1) is 19.6. The first-order chi connectivity index (χ1) is 14.4. The highest BCUT2D eigenvalue weighted by Crippen LogP contribution is 2.29. The Balaban J connectivity index is 1.60. The number of benzene rings is 3. The summed E-state index contributed by atoms with van der Waals surface area (Å²) in [4.78, 5) is 29.4. The molecule has 0 saturated heterocycles. The molecule has 6 nitrogen and oxygen atoms in total. The van der Waals surface area contributed by atoms with E-state index in [1.54, 1.807) is 18.2 Å². The Kier molecular flexibility index (Phi) is 5.20. The molecule has 3 aromatic carbocycles. The molecule has 150 valence electrons. The number of fused-ring (bicyclic) bond motifs is 1. The van der Waals surface area contributed by atoms with Crippen LogP contribution in [0.25, 0.3) is 10.8 Å². The third-order valence-corrected chi connectivity index (χ3v) is 5.82. The largest absolute Gasteiger partial charge is 0.398 e. The van der Waals surface area contributed by atoms with Gasteiger partial charge in [0.05, 0.1) is 0 Å². The number of hydrogen-bond donors (Lipinski definition) is 3. The number of carbonyl (C=O) groups is 2. The lowest BCUT2D eigenvalue weighted by Crippen LogP contribution is -2.15. The van der Waals surface area contributed by atoms with Crippen LogP contribution in [0.5, 0.6) is 0 Å². The number of aromatic nitrogens is 1. The Morgan fingerprint density at radius 2 is 1.80 bits per heavy atom. The smallest absolute Gasteiger partial charge is 0.268 e. The van der Waals surface area contributed by atoms with Crippen LogP contribution in [-0.4, -0.2) is 16.7 Å². The van der Waals surface area contributed by atoms with Crippen molar-refractivity contribution in [3.63, 3.8) is 0 Å². The van der Waals surface area contributed by atoms with E-state index < -0.39 is 5.91 Å².